The highest BCUT2D eigenvalue weighted by Gasteiger charge is 2.50. The Balaban J connectivity index is 1.90. The summed E-state index contributed by atoms with van der Waals surface area (Å²) < 4.78 is 21.9. The lowest BCUT2D eigenvalue weighted by molar-refractivity contribution is -0.359. The summed E-state index contributed by atoms with van der Waals surface area (Å²) >= 11 is 0. The van der Waals surface area contributed by atoms with E-state index in [0.29, 0.717) is 6.61 Å². The third kappa shape index (κ3) is 7.02. The van der Waals surface area contributed by atoms with E-state index in [1.165, 1.54) is 6.42 Å². The van der Waals surface area contributed by atoms with E-state index in [1.807, 2.05) is 0 Å². The van der Waals surface area contributed by atoms with Gasteiger partial charge in [-0.25, -0.2) is 0 Å². The highest BCUT2D eigenvalue weighted by Crippen LogP contribution is 2.29. The topological polar surface area (TPSA) is 179 Å². The molecular formula is C20H38O11. The fourth-order valence-electron chi connectivity index (χ4n) is 3.77. The van der Waals surface area contributed by atoms with Gasteiger partial charge in [-0.2, -0.15) is 0 Å². The summed E-state index contributed by atoms with van der Waals surface area (Å²) in [6.07, 6.45) is -7.98. The van der Waals surface area contributed by atoms with E-state index in [0.717, 1.165) is 32.1 Å². The van der Waals surface area contributed by atoms with Gasteiger partial charge in [0.25, 0.3) is 0 Å². The quantitative estimate of drug-likeness (QED) is 0.162. The Morgan fingerprint density at radius 3 is 1.87 bits per heavy atom. The van der Waals surface area contributed by atoms with E-state index in [4.69, 9.17) is 18.9 Å². The molecule has 0 aliphatic carbocycles. The van der Waals surface area contributed by atoms with E-state index in [9.17, 15) is 35.7 Å². The Morgan fingerprint density at radius 2 is 1.23 bits per heavy atom. The average molecular weight is 455 g/mol. The average Bonchev–Trinajstić information content (AvgIpc) is 2.77. The second kappa shape index (κ2) is 13.3. The van der Waals surface area contributed by atoms with Crippen molar-refractivity contribution in [1.82, 2.24) is 0 Å². The fourth-order valence-corrected chi connectivity index (χ4v) is 3.77. The first kappa shape index (κ1) is 26.8. The van der Waals surface area contributed by atoms with Gasteiger partial charge in [-0.1, -0.05) is 39.0 Å². The molecule has 11 nitrogen and oxygen atoms in total. The van der Waals surface area contributed by atoms with Crippen LogP contribution in [0.4, 0.5) is 0 Å². The monoisotopic (exact) mass is 454 g/mol. The van der Waals surface area contributed by atoms with Crippen LogP contribution in [0, 0.1) is 0 Å². The molecule has 11 heteroatoms. The molecule has 2 aliphatic heterocycles. The van der Waals surface area contributed by atoms with Crippen molar-refractivity contribution < 1.29 is 54.7 Å². The smallest absolute Gasteiger partial charge is 0.187 e. The Bertz CT molecular complexity index is 492. The molecule has 0 aromatic heterocycles. The van der Waals surface area contributed by atoms with E-state index in [1.54, 1.807) is 0 Å². The van der Waals surface area contributed by atoms with Crippen LogP contribution in [0.15, 0.2) is 0 Å². The molecule has 0 aromatic carbocycles. The Hall–Kier alpha value is -0.440. The predicted octanol–water partition coefficient (Wildman–Crippen LogP) is -2.01. The summed E-state index contributed by atoms with van der Waals surface area (Å²) in [4.78, 5) is 0. The molecule has 0 saturated carbocycles. The molecule has 2 saturated heterocycles. The molecule has 0 aromatic rings. The van der Waals surface area contributed by atoms with E-state index in [2.05, 4.69) is 6.92 Å². The molecule has 0 spiro atoms. The fraction of sp³-hybridized carbons (Fsp3) is 1.00. The molecule has 0 unspecified atom stereocenters. The number of ether oxygens (including phenoxy) is 4. The van der Waals surface area contributed by atoms with Gasteiger partial charge in [-0.15, -0.1) is 0 Å². The second-order valence-corrected chi connectivity index (χ2v) is 8.14. The minimum Gasteiger partial charge on any atom is -0.394 e. The minimum absolute atomic E-state index is 0.316. The van der Waals surface area contributed by atoms with E-state index in [-0.39, 0.29) is 0 Å². The maximum Gasteiger partial charge on any atom is 0.187 e. The zero-order chi connectivity index (χ0) is 23.0. The van der Waals surface area contributed by atoms with Gasteiger partial charge >= 0.3 is 0 Å². The minimum atomic E-state index is -1.69. The Labute approximate surface area is 182 Å². The van der Waals surface area contributed by atoms with Crippen molar-refractivity contribution in [3.05, 3.63) is 0 Å². The van der Waals surface area contributed by atoms with E-state index >= 15 is 0 Å². The van der Waals surface area contributed by atoms with Crippen LogP contribution in [0.25, 0.3) is 0 Å². The second-order valence-electron chi connectivity index (χ2n) is 8.14. The molecular weight excluding hydrogens is 416 g/mol. The number of rotatable bonds is 12. The normalized spacial score (nSPS) is 41.4. The SMILES string of the molecule is CCCCCCCCO[C@H]1O[C@H](CO)[C@@H](O[C@@H]2O[C@H](CO)[C@H](O)[C@H](O)[C@H]2O)[C@H](O)[C@H]1O. The van der Waals surface area contributed by atoms with Crippen molar-refractivity contribution in [2.75, 3.05) is 19.8 Å². The van der Waals surface area contributed by atoms with Gasteiger partial charge in [0.2, 0.25) is 0 Å². The third-order valence-corrected chi connectivity index (χ3v) is 5.74. The van der Waals surface area contributed by atoms with Crippen molar-refractivity contribution in [3.8, 4) is 0 Å². The maximum atomic E-state index is 10.5. The van der Waals surface area contributed by atoms with Crippen LogP contribution in [0.5, 0.6) is 0 Å². The summed E-state index contributed by atoms with van der Waals surface area (Å²) in [5.74, 6) is 0. The Morgan fingerprint density at radius 1 is 0.645 bits per heavy atom. The first-order valence-corrected chi connectivity index (χ1v) is 11.1. The van der Waals surface area contributed by atoms with Gasteiger partial charge in [0.1, 0.15) is 48.8 Å². The lowest BCUT2D eigenvalue weighted by Crippen LogP contribution is -2.64. The summed E-state index contributed by atoms with van der Waals surface area (Å²) in [5.41, 5.74) is 0. The molecule has 7 N–H and O–H groups in total. The lowest BCUT2D eigenvalue weighted by Gasteiger charge is -2.45. The molecule has 0 radical (unpaired) electrons. The summed E-state index contributed by atoms with van der Waals surface area (Å²) in [6.45, 7) is 1.23. The van der Waals surface area contributed by atoms with Crippen LogP contribution < -0.4 is 0 Å². The highest BCUT2D eigenvalue weighted by molar-refractivity contribution is 4.94. The van der Waals surface area contributed by atoms with Crippen LogP contribution in [-0.4, -0.2) is 117 Å². The van der Waals surface area contributed by atoms with Crippen molar-refractivity contribution in [2.24, 2.45) is 0 Å². The number of hydrogen-bond donors (Lipinski definition) is 7. The van der Waals surface area contributed by atoms with Gasteiger partial charge in [0.15, 0.2) is 12.6 Å². The largest absolute Gasteiger partial charge is 0.394 e. The third-order valence-electron chi connectivity index (χ3n) is 5.74. The van der Waals surface area contributed by atoms with Crippen LogP contribution in [0.1, 0.15) is 45.4 Å². The number of hydrogen-bond acceptors (Lipinski definition) is 11. The van der Waals surface area contributed by atoms with Crippen LogP contribution in [0.2, 0.25) is 0 Å². The van der Waals surface area contributed by atoms with Gasteiger partial charge in [-0.05, 0) is 6.42 Å². The molecule has 2 rings (SSSR count). The van der Waals surface area contributed by atoms with Gasteiger partial charge in [-0.3, -0.25) is 0 Å². The van der Waals surface area contributed by atoms with Crippen LogP contribution in [0.3, 0.4) is 0 Å². The van der Waals surface area contributed by atoms with Crippen molar-refractivity contribution in [2.45, 2.75) is 107 Å². The van der Waals surface area contributed by atoms with Crippen molar-refractivity contribution in [3.63, 3.8) is 0 Å². The first-order chi connectivity index (χ1) is 14.8. The molecule has 2 heterocycles. The lowest BCUT2D eigenvalue weighted by atomic mass is 9.97. The molecule has 2 fully saturated rings. The van der Waals surface area contributed by atoms with Crippen molar-refractivity contribution >= 4 is 0 Å². The first-order valence-electron chi connectivity index (χ1n) is 11.1. The zero-order valence-electron chi connectivity index (χ0n) is 17.9. The standard InChI is InChI=1S/C20H38O11/c1-2-3-4-5-6-7-8-28-19-17(27)15(25)18(12(10-22)30-19)31-20-16(26)14(24)13(23)11(9-21)29-20/h11-27H,2-10H2,1H3/t11-,12-,13+,14+,15-,16-,17-,18-,19+,20+/m1/s1. The molecule has 184 valence electrons. The number of aliphatic hydroxyl groups excluding tert-OH is 7. The van der Waals surface area contributed by atoms with E-state index < -0.39 is 74.6 Å². The predicted molar refractivity (Wildman–Crippen MR) is 106 cm³/mol. The highest BCUT2D eigenvalue weighted by atomic mass is 16.7. The van der Waals surface area contributed by atoms with Gasteiger partial charge in [0.05, 0.1) is 13.2 Å². The van der Waals surface area contributed by atoms with Crippen LogP contribution in [-0.2, 0) is 18.9 Å². The molecule has 10 atom stereocenters. The van der Waals surface area contributed by atoms with Crippen LogP contribution >= 0.6 is 0 Å². The number of aliphatic hydroxyl groups is 7. The molecule has 0 amide bonds. The zero-order valence-corrected chi connectivity index (χ0v) is 17.9. The Kier molecular flexibility index (Phi) is 11.5. The molecule has 2 aliphatic rings. The number of unbranched alkanes of at least 4 members (excludes halogenated alkanes) is 5. The maximum absolute atomic E-state index is 10.5. The summed E-state index contributed by atoms with van der Waals surface area (Å²) in [5, 5.41) is 69.7. The molecule has 0 bridgehead atoms. The summed E-state index contributed by atoms with van der Waals surface area (Å²) in [7, 11) is 0. The van der Waals surface area contributed by atoms with Gasteiger partial charge in [0, 0.05) is 6.61 Å². The molecule has 31 heavy (non-hydrogen) atoms. The van der Waals surface area contributed by atoms with Crippen molar-refractivity contribution in [1.29, 1.82) is 0 Å². The van der Waals surface area contributed by atoms with Gasteiger partial charge < -0.3 is 54.7 Å². The summed E-state index contributed by atoms with van der Waals surface area (Å²) in [6, 6.07) is 0.